The Morgan fingerprint density at radius 3 is 2.19 bits per heavy atom. The molecular formula is C18H22FNS. The van der Waals surface area contributed by atoms with Gasteiger partial charge in [0.2, 0.25) is 0 Å². The van der Waals surface area contributed by atoms with E-state index in [9.17, 15) is 4.39 Å². The number of halogens is 1. The molecule has 0 saturated heterocycles. The van der Waals surface area contributed by atoms with E-state index in [0.717, 1.165) is 12.1 Å². The highest BCUT2D eigenvalue weighted by molar-refractivity contribution is 7.98. The monoisotopic (exact) mass is 303 g/mol. The molecule has 2 aromatic carbocycles. The second-order valence-corrected chi connectivity index (χ2v) is 6.30. The number of nitrogens with one attached hydrogen (secondary N) is 1. The summed E-state index contributed by atoms with van der Waals surface area (Å²) in [6, 6.07) is 12.7. The molecule has 0 spiro atoms. The molecule has 0 fully saturated rings. The predicted octanol–water partition coefficient (Wildman–Crippen LogP) is 5.02. The van der Waals surface area contributed by atoms with Gasteiger partial charge in [0.15, 0.2) is 0 Å². The van der Waals surface area contributed by atoms with Crippen molar-refractivity contribution in [3.8, 4) is 0 Å². The van der Waals surface area contributed by atoms with Crippen molar-refractivity contribution in [2.24, 2.45) is 0 Å². The smallest absolute Gasteiger partial charge is 0.129 e. The van der Waals surface area contributed by atoms with Crippen LogP contribution in [-0.4, -0.2) is 6.26 Å². The van der Waals surface area contributed by atoms with Crippen LogP contribution < -0.4 is 5.32 Å². The normalized spacial score (nSPS) is 12.4. The van der Waals surface area contributed by atoms with E-state index in [4.69, 9.17) is 0 Å². The van der Waals surface area contributed by atoms with Crippen LogP contribution in [0.4, 0.5) is 4.39 Å². The van der Waals surface area contributed by atoms with Crippen molar-refractivity contribution in [3.63, 3.8) is 0 Å². The maximum Gasteiger partial charge on any atom is 0.129 e. The molecule has 0 saturated carbocycles. The van der Waals surface area contributed by atoms with E-state index in [1.165, 1.54) is 10.5 Å². The van der Waals surface area contributed by atoms with Gasteiger partial charge in [-0.05, 0) is 61.4 Å². The molecule has 0 bridgehead atoms. The van der Waals surface area contributed by atoms with Gasteiger partial charge >= 0.3 is 0 Å². The summed E-state index contributed by atoms with van der Waals surface area (Å²) < 4.78 is 13.6. The molecule has 0 amide bonds. The molecule has 0 heterocycles. The molecule has 3 heteroatoms. The van der Waals surface area contributed by atoms with Crippen LogP contribution in [-0.2, 0) is 6.54 Å². The van der Waals surface area contributed by atoms with Gasteiger partial charge < -0.3 is 5.32 Å². The summed E-state index contributed by atoms with van der Waals surface area (Å²) in [6.45, 7) is 6.53. The van der Waals surface area contributed by atoms with Gasteiger partial charge in [0.1, 0.15) is 5.82 Å². The summed E-state index contributed by atoms with van der Waals surface area (Å²) in [5.41, 5.74) is 3.81. The molecule has 1 unspecified atom stereocenters. The van der Waals surface area contributed by atoms with Crippen molar-refractivity contribution in [1.29, 1.82) is 0 Å². The molecule has 2 aromatic rings. The maximum absolute atomic E-state index is 13.6. The Morgan fingerprint density at radius 1 is 1.10 bits per heavy atom. The number of hydrogen-bond donors (Lipinski definition) is 1. The molecule has 0 radical (unpaired) electrons. The second-order valence-electron chi connectivity index (χ2n) is 5.42. The standard InChI is InChI=1S/C18H22FNS/c1-12-9-15(10-13(2)18(12)19)11-20-14(3)16-5-7-17(21-4)8-6-16/h5-10,14,20H,11H2,1-4H3. The van der Waals surface area contributed by atoms with Crippen molar-refractivity contribution in [2.75, 3.05) is 6.26 Å². The quantitative estimate of drug-likeness (QED) is 0.779. The number of hydrogen-bond acceptors (Lipinski definition) is 2. The molecule has 0 aliphatic carbocycles. The average molecular weight is 303 g/mol. The third-order valence-corrected chi connectivity index (χ3v) is 4.47. The summed E-state index contributed by atoms with van der Waals surface area (Å²) in [6.07, 6.45) is 2.08. The second kappa shape index (κ2) is 7.10. The minimum Gasteiger partial charge on any atom is -0.306 e. The van der Waals surface area contributed by atoms with E-state index in [0.29, 0.717) is 11.1 Å². The molecule has 2 rings (SSSR count). The maximum atomic E-state index is 13.6. The summed E-state index contributed by atoms with van der Waals surface area (Å²) in [5, 5.41) is 3.50. The molecule has 1 nitrogen and oxygen atoms in total. The van der Waals surface area contributed by atoms with Crippen LogP contribution in [0.25, 0.3) is 0 Å². The zero-order valence-electron chi connectivity index (χ0n) is 13.0. The first-order valence-electron chi connectivity index (χ1n) is 7.14. The van der Waals surface area contributed by atoms with Crippen LogP contribution in [0.15, 0.2) is 41.3 Å². The van der Waals surface area contributed by atoms with E-state index in [1.54, 1.807) is 11.8 Å². The van der Waals surface area contributed by atoms with Gasteiger partial charge in [-0.15, -0.1) is 11.8 Å². The zero-order chi connectivity index (χ0) is 15.4. The Morgan fingerprint density at radius 2 is 1.67 bits per heavy atom. The predicted molar refractivity (Wildman–Crippen MR) is 89.4 cm³/mol. The molecule has 0 aliphatic heterocycles. The fourth-order valence-electron chi connectivity index (χ4n) is 2.42. The molecule has 21 heavy (non-hydrogen) atoms. The van der Waals surface area contributed by atoms with Crippen LogP contribution >= 0.6 is 11.8 Å². The van der Waals surface area contributed by atoms with E-state index in [1.807, 2.05) is 26.0 Å². The Bertz CT molecular complexity index is 584. The average Bonchev–Trinajstić information content (AvgIpc) is 2.50. The first-order valence-corrected chi connectivity index (χ1v) is 8.36. The first-order chi connectivity index (χ1) is 10.0. The highest BCUT2D eigenvalue weighted by Crippen LogP contribution is 2.20. The van der Waals surface area contributed by atoms with Crippen LogP contribution in [0, 0.1) is 19.7 Å². The van der Waals surface area contributed by atoms with Gasteiger partial charge in [-0.25, -0.2) is 4.39 Å². The molecule has 0 aliphatic rings. The number of thioether (sulfide) groups is 1. The SMILES string of the molecule is CSc1ccc(C(C)NCc2cc(C)c(F)c(C)c2)cc1. The lowest BCUT2D eigenvalue weighted by molar-refractivity contribution is 0.570. The minimum absolute atomic E-state index is 0.0977. The number of benzene rings is 2. The van der Waals surface area contributed by atoms with E-state index >= 15 is 0 Å². The van der Waals surface area contributed by atoms with E-state index in [2.05, 4.69) is 42.8 Å². The Balaban J connectivity index is 2.01. The van der Waals surface area contributed by atoms with Crippen molar-refractivity contribution in [1.82, 2.24) is 5.32 Å². The van der Waals surface area contributed by atoms with Crippen LogP contribution in [0.3, 0.4) is 0 Å². The van der Waals surface area contributed by atoms with E-state index < -0.39 is 0 Å². The van der Waals surface area contributed by atoms with Crippen molar-refractivity contribution in [3.05, 3.63) is 64.5 Å². The zero-order valence-corrected chi connectivity index (χ0v) is 13.9. The minimum atomic E-state index is -0.0977. The lowest BCUT2D eigenvalue weighted by atomic mass is 10.0. The van der Waals surface area contributed by atoms with E-state index in [-0.39, 0.29) is 11.9 Å². The Labute approximate surface area is 131 Å². The molecular weight excluding hydrogens is 281 g/mol. The molecule has 1 N–H and O–H groups in total. The van der Waals surface area contributed by atoms with Crippen LogP contribution in [0.1, 0.15) is 35.2 Å². The van der Waals surface area contributed by atoms with Crippen LogP contribution in [0.5, 0.6) is 0 Å². The molecule has 0 aromatic heterocycles. The largest absolute Gasteiger partial charge is 0.306 e. The summed E-state index contributed by atoms with van der Waals surface area (Å²) in [4.78, 5) is 1.27. The van der Waals surface area contributed by atoms with Crippen molar-refractivity contribution in [2.45, 2.75) is 38.3 Å². The van der Waals surface area contributed by atoms with Crippen molar-refractivity contribution < 1.29 is 4.39 Å². The van der Waals surface area contributed by atoms with Gasteiger partial charge in [0, 0.05) is 17.5 Å². The fourth-order valence-corrected chi connectivity index (χ4v) is 2.83. The highest BCUT2D eigenvalue weighted by atomic mass is 32.2. The number of rotatable bonds is 5. The third kappa shape index (κ3) is 4.08. The summed E-state index contributed by atoms with van der Waals surface area (Å²) in [7, 11) is 0. The third-order valence-electron chi connectivity index (χ3n) is 3.72. The Kier molecular flexibility index (Phi) is 5.43. The fraction of sp³-hybridized carbons (Fsp3) is 0.333. The molecule has 1 atom stereocenters. The van der Waals surface area contributed by atoms with Gasteiger partial charge in [-0.2, -0.15) is 0 Å². The van der Waals surface area contributed by atoms with Gasteiger partial charge in [0.05, 0.1) is 0 Å². The van der Waals surface area contributed by atoms with Crippen LogP contribution in [0.2, 0.25) is 0 Å². The van der Waals surface area contributed by atoms with Gasteiger partial charge in [-0.3, -0.25) is 0 Å². The summed E-state index contributed by atoms with van der Waals surface area (Å²) in [5.74, 6) is -0.0977. The topological polar surface area (TPSA) is 12.0 Å². The molecule has 112 valence electrons. The number of aryl methyl sites for hydroxylation is 2. The Hall–Kier alpha value is -1.32. The lowest BCUT2D eigenvalue weighted by Gasteiger charge is -2.15. The lowest BCUT2D eigenvalue weighted by Crippen LogP contribution is -2.18. The van der Waals surface area contributed by atoms with Crippen molar-refractivity contribution >= 4 is 11.8 Å². The summed E-state index contributed by atoms with van der Waals surface area (Å²) >= 11 is 1.75. The first kappa shape index (κ1) is 16.1. The van der Waals surface area contributed by atoms with Gasteiger partial charge in [-0.1, -0.05) is 24.3 Å². The highest BCUT2D eigenvalue weighted by Gasteiger charge is 2.07. The van der Waals surface area contributed by atoms with Gasteiger partial charge in [0.25, 0.3) is 0 Å².